The molecule has 16 heteroatoms. The highest BCUT2D eigenvalue weighted by atomic mass is 16.4. The van der Waals surface area contributed by atoms with Gasteiger partial charge in [-0.05, 0) is 17.7 Å². The van der Waals surface area contributed by atoms with Gasteiger partial charge in [0.05, 0.1) is 25.3 Å². The van der Waals surface area contributed by atoms with E-state index >= 15 is 0 Å². The fraction of sp³-hybridized carbons (Fsp3) is 0.381. The molecule has 12 N–H and O–H groups in total. The van der Waals surface area contributed by atoms with Crippen molar-refractivity contribution in [1.29, 1.82) is 0 Å². The first-order chi connectivity index (χ1) is 17.2. The average Bonchev–Trinajstić information content (AvgIpc) is 2.77. The maximum Gasteiger partial charge on any atom is 0.326 e. The molecule has 5 amide bonds. The number of nitrogens with two attached hydrogens (primary N) is 3. The van der Waals surface area contributed by atoms with Gasteiger partial charge >= 0.3 is 11.9 Å². The number of hydrogen-bond donors (Lipinski definition) is 9. The van der Waals surface area contributed by atoms with E-state index in [2.05, 4.69) is 10.6 Å². The smallest absolute Gasteiger partial charge is 0.326 e. The van der Waals surface area contributed by atoms with Gasteiger partial charge in [0.2, 0.25) is 29.5 Å². The van der Waals surface area contributed by atoms with Crippen LogP contribution in [-0.2, 0) is 40.0 Å². The van der Waals surface area contributed by atoms with Crippen molar-refractivity contribution >= 4 is 41.5 Å². The number of carboxylic acid groups (broad SMARTS) is 2. The molecule has 0 aromatic heterocycles. The van der Waals surface area contributed by atoms with E-state index in [-0.39, 0.29) is 12.2 Å². The first kappa shape index (κ1) is 30.3. The summed E-state index contributed by atoms with van der Waals surface area (Å²) in [5.41, 5.74) is 16.0. The fourth-order valence-corrected chi connectivity index (χ4v) is 2.99. The molecule has 4 atom stereocenters. The summed E-state index contributed by atoms with van der Waals surface area (Å²) in [7, 11) is 0. The topological polar surface area (TPSA) is 294 Å². The van der Waals surface area contributed by atoms with Crippen molar-refractivity contribution in [2.75, 3.05) is 0 Å². The zero-order chi connectivity index (χ0) is 28.3. The van der Waals surface area contributed by atoms with Crippen LogP contribution in [0.3, 0.4) is 0 Å². The lowest BCUT2D eigenvalue weighted by Gasteiger charge is -2.24. The van der Waals surface area contributed by atoms with Gasteiger partial charge in [0.25, 0.3) is 0 Å². The summed E-state index contributed by atoms with van der Waals surface area (Å²) in [5.74, 6) is -8.49. The number of nitrogens with one attached hydrogen (secondary N) is 3. The largest absolute Gasteiger partial charge is 0.508 e. The van der Waals surface area contributed by atoms with Crippen LogP contribution in [0.25, 0.3) is 0 Å². The average molecular weight is 524 g/mol. The number of aromatic hydroxyl groups is 1. The first-order valence-electron chi connectivity index (χ1n) is 10.6. The van der Waals surface area contributed by atoms with Gasteiger partial charge in [-0.3, -0.25) is 28.8 Å². The minimum absolute atomic E-state index is 0.0721. The summed E-state index contributed by atoms with van der Waals surface area (Å²) < 4.78 is 0. The molecular weight excluding hydrogens is 496 g/mol. The molecule has 1 aromatic rings. The molecule has 1 aromatic carbocycles. The van der Waals surface area contributed by atoms with Gasteiger partial charge in [-0.2, -0.15) is 0 Å². The predicted octanol–water partition coefficient (Wildman–Crippen LogP) is -3.97. The summed E-state index contributed by atoms with van der Waals surface area (Å²) >= 11 is 0. The van der Waals surface area contributed by atoms with Gasteiger partial charge in [0, 0.05) is 6.42 Å². The normalized spacial score (nSPS) is 13.8. The second-order valence-electron chi connectivity index (χ2n) is 7.94. The van der Waals surface area contributed by atoms with Crippen LogP contribution in [0.2, 0.25) is 0 Å². The Kier molecular flexibility index (Phi) is 11.4. The molecular formula is C21H28N6O10. The Labute approximate surface area is 209 Å². The van der Waals surface area contributed by atoms with Crippen LogP contribution in [-0.4, -0.2) is 81.0 Å². The number of carboxylic acids is 2. The van der Waals surface area contributed by atoms with Crippen molar-refractivity contribution in [3.05, 3.63) is 29.8 Å². The summed E-state index contributed by atoms with van der Waals surface area (Å²) in [6, 6.07) is -1.13. The van der Waals surface area contributed by atoms with Crippen molar-refractivity contribution < 1.29 is 48.9 Å². The Bertz CT molecular complexity index is 1040. The van der Waals surface area contributed by atoms with E-state index in [4.69, 9.17) is 22.3 Å². The summed E-state index contributed by atoms with van der Waals surface area (Å²) in [6.45, 7) is 0. The third kappa shape index (κ3) is 11.0. The number of rotatable bonds is 15. The van der Waals surface area contributed by atoms with E-state index in [0.717, 1.165) is 0 Å². The molecule has 0 saturated carbocycles. The summed E-state index contributed by atoms with van der Waals surface area (Å²) in [6.07, 6.45) is -2.59. The molecule has 37 heavy (non-hydrogen) atoms. The van der Waals surface area contributed by atoms with Gasteiger partial charge in [0.1, 0.15) is 23.9 Å². The first-order valence-corrected chi connectivity index (χ1v) is 10.6. The molecule has 0 bridgehead atoms. The number of carbonyl (C=O) groups excluding carboxylic acids is 5. The number of benzene rings is 1. The van der Waals surface area contributed by atoms with Crippen LogP contribution in [0.15, 0.2) is 24.3 Å². The Hall–Kier alpha value is -4.73. The van der Waals surface area contributed by atoms with Crippen molar-refractivity contribution in [1.82, 2.24) is 16.0 Å². The zero-order valence-corrected chi connectivity index (χ0v) is 19.4. The van der Waals surface area contributed by atoms with Gasteiger partial charge < -0.3 is 48.5 Å². The maximum absolute atomic E-state index is 12.7. The Morgan fingerprint density at radius 2 is 1.16 bits per heavy atom. The van der Waals surface area contributed by atoms with Gasteiger partial charge in [0.15, 0.2) is 0 Å². The predicted molar refractivity (Wildman–Crippen MR) is 123 cm³/mol. The van der Waals surface area contributed by atoms with Crippen molar-refractivity contribution in [2.24, 2.45) is 17.2 Å². The van der Waals surface area contributed by atoms with E-state index in [9.17, 15) is 43.8 Å². The third-order valence-electron chi connectivity index (χ3n) is 4.80. The molecule has 0 aliphatic rings. The monoisotopic (exact) mass is 524 g/mol. The third-order valence-corrected chi connectivity index (χ3v) is 4.80. The van der Waals surface area contributed by atoms with Gasteiger partial charge in [-0.15, -0.1) is 0 Å². The summed E-state index contributed by atoms with van der Waals surface area (Å²) in [5, 5.41) is 34.2. The molecule has 202 valence electrons. The minimum Gasteiger partial charge on any atom is -0.508 e. The lowest BCUT2D eigenvalue weighted by molar-refractivity contribution is -0.143. The highest BCUT2D eigenvalue weighted by Crippen LogP contribution is 2.12. The number of aliphatic carboxylic acids is 2. The Morgan fingerprint density at radius 1 is 0.703 bits per heavy atom. The molecule has 0 spiro atoms. The quantitative estimate of drug-likeness (QED) is 0.107. The van der Waals surface area contributed by atoms with Crippen LogP contribution < -0.4 is 33.2 Å². The standard InChI is InChI=1S/C21H28N6O10/c22-11(6-15(23)29)18(33)25-12(7-16(24)30)19(34)26-13(8-17(31)32)20(35)27-14(21(36)37)5-9-1-3-10(28)4-2-9/h1-4,11-14,28H,5-8,22H2,(H2,23,29)(H2,24,30)(H,25,33)(H,26,34)(H,27,35)(H,31,32)(H,36,37). The molecule has 0 aliphatic heterocycles. The fourth-order valence-electron chi connectivity index (χ4n) is 2.99. The van der Waals surface area contributed by atoms with E-state index < -0.39 is 84.9 Å². The second-order valence-corrected chi connectivity index (χ2v) is 7.94. The Morgan fingerprint density at radius 3 is 1.62 bits per heavy atom. The lowest BCUT2D eigenvalue weighted by Crippen LogP contribution is -2.58. The van der Waals surface area contributed by atoms with Crippen molar-refractivity contribution in [2.45, 2.75) is 49.9 Å². The molecule has 4 unspecified atom stereocenters. The van der Waals surface area contributed by atoms with E-state index in [0.29, 0.717) is 5.56 Å². The highest BCUT2D eigenvalue weighted by molar-refractivity contribution is 5.97. The lowest BCUT2D eigenvalue weighted by atomic mass is 10.0. The zero-order valence-electron chi connectivity index (χ0n) is 19.4. The Balaban J connectivity index is 3.04. The molecule has 0 heterocycles. The van der Waals surface area contributed by atoms with E-state index in [1.165, 1.54) is 24.3 Å². The molecule has 0 saturated heterocycles. The molecule has 0 aliphatic carbocycles. The van der Waals surface area contributed by atoms with Crippen LogP contribution >= 0.6 is 0 Å². The number of phenols is 1. The summed E-state index contributed by atoms with van der Waals surface area (Å²) in [4.78, 5) is 82.9. The van der Waals surface area contributed by atoms with Crippen LogP contribution in [0.5, 0.6) is 5.75 Å². The second kappa shape index (κ2) is 14.0. The molecule has 16 nitrogen and oxygen atoms in total. The SMILES string of the molecule is NC(=O)CC(N)C(=O)NC(CC(N)=O)C(=O)NC(CC(=O)O)C(=O)NC(Cc1ccc(O)cc1)C(=O)O. The van der Waals surface area contributed by atoms with Crippen LogP contribution in [0, 0.1) is 0 Å². The van der Waals surface area contributed by atoms with Crippen LogP contribution in [0.4, 0.5) is 0 Å². The minimum atomic E-state index is -1.82. The number of amides is 5. The van der Waals surface area contributed by atoms with E-state index in [1.807, 2.05) is 5.32 Å². The highest BCUT2D eigenvalue weighted by Gasteiger charge is 2.32. The van der Waals surface area contributed by atoms with Gasteiger partial charge in [-0.25, -0.2) is 4.79 Å². The van der Waals surface area contributed by atoms with Crippen LogP contribution in [0.1, 0.15) is 24.8 Å². The van der Waals surface area contributed by atoms with Crippen molar-refractivity contribution in [3.8, 4) is 5.75 Å². The molecule has 0 fully saturated rings. The number of primary amides is 2. The number of hydrogen-bond acceptors (Lipinski definition) is 9. The van der Waals surface area contributed by atoms with E-state index in [1.54, 1.807) is 0 Å². The molecule has 0 radical (unpaired) electrons. The van der Waals surface area contributed by atoms with Gasteiger partial charge in [-0.1, -0.05) is 12.1 Å². The maximum atomic E-state index is 12.7. The van der Waals surface area contributed by atoms with Crippen molar-refractivity contribution in [3.63, 3.8) is 0 Å². The number of carbonyl (C=O) groups is 7. The molecule has 1 rings (SSSR count). The number of phenolic OH excluding ortho intramolecular Hbond substituents is 1.